The predicted octanol–water partition coefficient (Wildman–Crippen LogP) is 5.69. The molecule has 0 amide bonds. The molecule has 1 aliphatic heterocycles. The SMILES string of the molecule is C/C=C/[C@@H]1OC(C)(C)O[C@@H]1[C@H](COCc1ccccc1)O[Si](C)(C)C(C)(C)C. The Kier molecular flexibility index (Phi) is 7.67. The van der Waals surface area contributed by atoms with Gasteiger partial charge in [0.15, 0.2) is 14.1 Å². The van der Waals surface area contributed by atoms with Gasteiger partial charge in [-0.15, -0.1) is 0 Å². The molecule has 1 fully saturated rings. The minimum absolute atomic E-state index is 0.107. The van der Waals surface area contributed by atoms with E-state index in [4.69, 9.17) is 18.6 Å². The molecule has 4 nitrogen and oxygen atoms in total. The van der Waals surface area contributed by atoms with Crippen LogP contribution in [0.2, 0.25) is 18.1 Å². The van der Waals surface area contributed by atoms with Crippen LogP contribution >= 0.6 is 0 Å². The molecular formula is C23H38O4Si. The molecule has 2 rings (SSSR count). The van der Waals surface area contributed by atoms with Gasteiger partial charge in [0.2, 0.25) is 0 Å². The van der Waals surface area contributed by atoms with E-state index in [-0.39, 0.29) is 23.4 Å². The van der Waals surface area contributed by atoms with Gasteiger partial charge in [-0.2, -0.15) is 0 Å². The Bertz CT molecular complexity index is 634. The summed E-state index contributed by atoms with van der Waals surface area (Å²) in [5, 5.41) is 0.107. The van der Waals surface area contributed by atoms with Crippen molar-refractivity contribution >= 4 is 8.32 Å². The van der Waals surface area contributed by atoms with Crippen LogP contribution in [0.3, 0.4) is 0 Å². The van der Waals surface area contributed by atoms with Crippen molar-refractivity contribution in [1.29, 1.82) is 0 Å². The molecule has 1 saturated heterocycles. The molecule has 0 unspecified atom stereocenters. The Morgan fingerprint density at radius 2 is 1.79 bits per heavy atom. The van der Waals surface area contributed by atoms with Crippen LogP contribution in [-0.4, -0.2) is 39.0 Å². The smallest absolute Gasteiger partial charge is 0.192 e. The molecule has 1 heterocycles. The first-order valence-electron chi connectivity index (χ1n) is 10.2. The first kappa shape index (κ1) is 23.3. The molecule has 5 heteroatoms. The fourth-order valence-electron chi connectivity index (χ4n) is 3.06. The molecule has 0 aromatic heterocycles. The maximum atomic E-state index is 6.77. The number of ether oxygens (including phenoxy) is 3. The van der Waals surface area contributed by atoms with Gasteiger partial charge in [0.05, 0.1) is 19.3 Å². The van der Waals surface area contributed by atoms with Crippen LogP contribution in [0.15, 0.2) is 42.5 Å². The van der Waals surface area contributed by atoms with Crippen molar-refractivity contribution in [2.24, 2.45) is 0 Å². The Morgan fingerprint density at radius 1 is 1.14 bits per heavy atom. The molecule has 1 aromatic carbocycles. The molecule has 28 heavy (non-hydrogen) atoms. The lowest BCUT2D eigenvalue weighted by atomic mass is 10.1. The molecule has 0 saturated carbocycles. The molecule has 0 bridgehead atoms. The summed E-state index contributed by atoms with van der Waals surface area (Å²) >= 11 is 0. The first-order valence-corrected chi connectivity index (χ1v) is 13.1. The summed E-state index contributed by atoms with van der Waals surface area (Å²) in [6, 6.07) is 10.2. The van der Waals surface area contributed by atoms with Crippen LogP contribution in [0.1, 0.15) is 47.1 Å². The van der Waals surface area contributed by atoms with Gasteiger partial charge in [0, 0.05) is 0 Å². The van der Waals surface area contributed by atoms with Crippen molar-refractivity contribution in [2.45, 2.75) is 90.4 Å². The Morgan fingerprint density at radius 3 is 2.36 bits per heavy atom. The van der Waals surface area contributed by atoms with Crippen molar-refractivity contribution in [3.8, 4) is 0 Å². The van der Waals surface area contributed by atoms with Crippen molar-refractivity contribution in [1.82, 2.24) is 0 Å². The molecule has 3 atom stereocenters. The second-order valence-electron chi connectivity index (χ2n) is 9.51. The highest BCUT2D eigenvalue weighted by atomic mass is 28.4. The zero-order chi connectivity index (χ0) is 21.0. The van der Waals surface area contributed by atoms with Crippen LogP contribution in [0.4, 0.5) is 0 Å². The Hall–Kier alpha value is -0.983. The van der Waals surface area contributed by atoms with E-state index in [1.165, 1.54) is 0 Å². The number of allylic oxidation sites excluding steroid dienone is 1. The molecule has 1 aromatic rings. The van der Waals surface area contributed by atoms with Gasteiger partial charge >= 0.3 is 0 Å². The highest BCUT2D eigenvalue weighted by molar-refractivity contribution is 6.74. The van der Waals surface area contributed by atoms with Gasteiger partial charge in [0.25, 0.3) is 0 Å². The van der Waals surface area contributed by atoms with E-state index >= 15 is 0 Å². The third-order valence-corrected chi connectivity index (χ3v) is 10.1. The molecule has 158 valence electrons. The zero-order valence-electron chi connectivity index (χ0n) is 18.8. The predicted molar refractivity (Wildman–Crippen MR) is 117 cm³/mol. The number of hydrogen-bond acceptors (Lipinski definition) is 4. The fraction of sp³-hybridized carbons (Fsp3) is 0.652. The summed E-state index contributed by atoms with van der Waals surface area (Å²) in [6.07, 6.45) is 3.54. The molecule has 0 aliphatic carbocycles. The summed E-state index contributed by atoms with van der Waals surface area (Å²) in [4.78, 5) is 0. The monoisotopic (exact) mass is 406 g/mol. The zero-order valence-corrected chi connectivity index (χ0v) is 19.8. The summed E-state index contributed by atoms with van der Waals surface area (Å²) in [5.74, 6) is -0.636. The topological polar surface area (TPSA) is 36.9 Å². The summed E-state index contributed by atoms with van der Waals surface area (Å²) in [6.45, 7) is 18.2. The maximum Gasteiger partial charge on any atom is 0.192 e. The minimum Gasteiger partial charge on any atom is -0.409 e. The van der Waals surface area contributed by atoms with E-state index in [0.29, 0.717) is 13.2 Å². The van der Waals surface area contributed by atoms with Crippen LogP contribution in [-0.2, 0) is 25.2 Å². The van der Waals surface area contributed by atoms with E-state index in [2.05, 4.69) is 52.1 Å². The molecule has 0 spiro atoms. The van der Waals surface area contributed by atoms with E-state index in [1.807, 2.05) is 45.0 Å². The molecule has 1 aliphatic rings. The quantitative estimate of drug-likeness (QED) is 0.410. The first-order chi connectivity index (χ1) is 13.0. The average Bonchev–Trinajstić information content (AvgIpc) is 2.88. The normalized spacial score (nSPS) is 24.0. The maximum absolute atomic E-state index is 6.77. The van der Waals surface area contributed by atoms with Crippen LogP contribution in [0.25, 0.3) is 0 Å². The van der Waals surface area contributed by atoms with Gasteiger partial charge in [-0.3, -0.25) is 0 Å². The lowest BCUT2D eigenvalue weighted by Crippen LogP contribution is -2.50. The minimum atomic E-state index is -2.00. The molecule has 0 radical (unpaired) electrons. The third kappa shape index (κ3) is 6.26. The third-order valence-electron chi connectivity index (χ3n) is 5.56. The van der Waals surface area contributed by atoms with Crippen molar-refractivity contribution in [3.63, 3.8) is 0 Å². The summed E-state index contributed by atoms with van der Waals surface area (Å²) in [7, 11) is -2.00. The second-order valence-corrected chi connectivity index (χ2v) is 14.3. The Balaban J connectivity index is 2.17. The fourth-order valence-corrected chi connectivity index (χ4v) is 4.37. The number of rotatable bonds is 8. The Labute approximate surface area is 172 Å². The van der Waals surface area contributed by atoms with Crippen molar-refractivity contribution in [3.05, 3.63) is 48.0 Å². The lowest BCUT2D eigenvalue weighted by molar-refractivity contribution is -0.156. The van der Waals surface area contributed by atoms with Gasteiger partial charge in [-0.1, -0.05) is 63.3 Å². The highest BCUT2D eigenvalue weighted by Crippen LogP contribution is 2.40. The van der Waals surface area contributed by atoms with Gasteiger partial charge in [0.1, 0.15) is 12.2 Å². The molecule has 0 N–H and O–H groups in total. The van der Waals surface area contributed by atoms with Crippen LogP contribution in [0.5, 0.6) is 0 Å². The van der Waals surface area contributed by atoms with Crippen molar-refractivity contribution < 1.29 is 18.6 Å². The van der Waals surface area contributed by atoms with E-state index in [1.54, 1.807) is 0 Å². The summed E-state index contributed by atoms with van der Waals surface area (Å²) in [5.41, 5.74) is 1.16. The highest BCUT2D eigenvalue weighted by Gasteiger charge is 2.48. The van der Waals surface area contributed by atoms with E-state index < -0.39 is 14.1 Å². The van der Waals surface area contributed by atoms with E-state index in [9.17, 15) is 0 Å². The largest absolute Gasteiger partial charge is 0.409 e. The lowest BCUT2D eigenvalue weighted by Gasteiger charge is -2.41. The van der Waals surface area contributed by atoms with Gasteiger partial charge < -0.3 is 18.6 Å². The van der Waals surface area contributed by atoms with Crippen LogP contribution in [0, 0.1) is 0 Å². The van der Waals surface area contributed by atoms with Crippen molar-refractivity contribution in [2.75, 3.05) is 6.61 Å². The van der Waals surface area contributed by atoms with Gasteiger partial charge in [-0.05, 0) is 44.5 Å². The second kappa shape index (κ2) is 9.22. The average molecular weight is 407 g/mol. The molecular weight excluding hydrogens is 368 g/mol. The standard InChI is InChI=1S/C23H38O4Si/c1-9-13-19-21(26-23(5,6)25-19)20(27-28(7,8)22(2,3)4)17-24-16-18-14-11-10-12-15-18/h9-15,19-21H,16-17H2,1-8H3/b13-9+/t19-,20-,21-/m0/s1. The number of hydrogen-bond donors (Lipinski definition) is 0. The van der Waals surface area contributed by atoms with E-state index in [0.717, 1.165) is 5.56 Å². The van der Waals surface area contributed by atoms with Crippen LogP contribution < -0.4 is 0 Å². The van der Waals surface area contributed by atoms with Gasteiger partial charge in [-0.25, -0.2) is 0 Å². The number of benzene rings is 1. The summed E-state index contributed by atoms with van der Waals surface area (Å²) < 4.78 is 25.3.